The van der Waals surface area contributed by atoms with Gasteiger partial charge in [0.15, 0.2) is 27.2 Å². The van der Waals surface area contributed by atoms with E-state index in [2.05, 4.69) is 46.0 Å². The van der Waals surface area contributed by atoms with Crippen molar-refractivity contribution in [2.75, 3.05) is 33.0 Å². The SMILES string of the molecule is CC(C)(C)[Si](C)(C)OC[C@@H]1[C@@H](C/C=C\CCCC(COC2CCCCO2)OC(=O)c2ccccc2)[C@@H](OC2CCCCO2)C[C@H]1OC1CCCCO1. The monoisotopic (exact) mass is 744 g/mol. The number of hydrogen-bond acceptors (Lipinski definition) is 9. The maximum atomic E-state index is 12.9. The molecule has 0 aromatic heterocycles. The fraction of sp³-hybridized carbons (Fsp3) is 0.786. The Morgan fingerprint density at radius 1 is 0.827 bits per heavy atom. The molecule has 3 saturated heterocycles. The molecule has 4 fully saturated rings. The molecule has 294 valence electrons. The molecule has 0 radical (unpaired) electrons. The minimum atomic E-state index is -1.98. The van der Waals surface area contributed by atoms with Crippen molar-refractivity contribution in [3.05, 3.63) is 48.0 Å². The Hall–Kier alpha value is -1.63. The van der Waals surface area contributed by atoms with Crippen molar-refractivity contribution >= 4 is 14.3 Å². The molecule has 8 atom stereocenters. The van der Waals surface area contributed by atoms with E-state index in [0.717, 1.165) is 103 Å². The van der Waals surface area contributed by atoms with Gasteiger partial charge in [-0.3, -0.25) is 0 Å². The molecule has 4 unspecified atom stereocenters. The molecule has 0 bridgehead atoms. The number of unbranched alkanes of at least 4 members (excludes halogenated alkanes) is 1. The van der Waals surface area contributed by atoms with Crippen molar-refractivity contribution in [3.8, 4) is 0 Å². The second-order valence-electron chi connectivity index (χ2n) is 16.7. The van der Waals surface area contributed by atoms with Crippen LogP contribution in [0, 0.1) is 11.8 Å². The molecule has 1 aromatic carbocycles. The highest BCUT2D eigenvalue weighted by atomic mass is 28.4. The van der Waals surface area contributed by atoms with E-state index in [-0.39, 0.29) is 60.0 Å². The van der Waals surface area contributed by atoms with Crippen LogP contribution in [0.25, 0.3) is 0 Å². The van der Waals surface area contributed by atoms with Crippen LogP contribution in [0.5, 0.6) is 0 Å². The predicted molar refractivity (Wildman–Crippen MR) is 204 cm³/mol. The Morgan fingerprint density at radius 3 is 2.00 bits per heavy atom. The molecule has 0 amide bonds. The van der Waals surface area contributed by atoms with E-state index in [1.807, 2.05) is 18.2 Å². The van der Waals surface area contributed by atoms with Gasteiger partial charge in [0.25, 0.3) is 0 Å². The van der Waals surface area contributed by atoms with Gasteiger partial charge in [-0.15, -0.1) is 0 Å². The molecule has 0 spiro atoms. The lowest BCUT2D eigenvalue weighted by Gasteiger charge is -2.39. The Bertz CT molecular complexity index is 1190. The van der Waals surface area contributed by atoms with Gasteiger partial charge in [0.2, 0.25) is 0 Å². The van der Waals surface area contributed by atoms with Crippen molar-refractivity contribution in [1.29, 1.82) is 0 Å². The zero-order chi connectivity index (χ0) is 36.8. The first-order chi connectivity index (χ1) is 25.1. The number of allylic oxidation sites excluding steroid dienone is 2. The molecule has 5 rings (SSSR count). The maximum Gasteiger partial charge on any atom is 0.338 e. The van der Waals surface area contributed by atoms with E-state index in [4.69, 9.17) is 37.6 Å². The topological polar surface area (TPSA) is 90.9 Å². The Balaban J connectivity index is 1.22. The van der Waals surface area contributed by atoms with E-state index in [1.165, 1.54) is 0 Å². The number of carbonyl (C=O) groups is 1. The highest BCUT2D eigenvalue weighted by Gasteiger charge is 2.48. The van der Waals surface area contributed by atoms with Crippen LogP contribution in [0.1, 0.15) is 121 Å². The fourth-order valence-electron chi connectivity index (χ4n) is 7.41. The van der Waals surface area contributed by atoms with Crippen molar-refractivity contribution in [1.82, 2.24) is 0 Å². The van der Waals surface area contributed by atoms with Gasteiger partial charge in [-0.25, -0.2) is 4.79 Å². The number of carbonyl (C=O) groups excluding carboxylic acids is 1. The van der Waals surface area contributed by atoms with Crippen LogP contribution in [0.4, 0.5) is 0 Å². The van der Waals surface area contributed by atoms with E-state index >= 15 is 0 Å². The minimum Gasteiger partial charge on any atom is -0.456 e. The van der Waals surface area contributed by atoms with E-state index in [0.29, 0.717) is 25.2 Å². The zero-order valence-corrected chi connectivity index (χ0v) is 33.8. The average Bonchev–Trinajstić information content (AvgIpc) is 3.46. The number of rotatable bonds is 18. The second-order valence-corrected chi connectivity index (χ2v) is 21.5. The van der Waals surface area contributed by atoms with Gasteiger partial charge < -0.3 is 37.6 Å². The summed E-state index contributed by atoms with van der Waals surface area (Å²) in [7, 11) is -1.98. The summed E-state index contributed by atoms with van der Waals surface area (Å²) < 4.78 is 50.4. The summed E-state index contributed by atoms with van der Waals surface area (Å²) in [4.78, 5) is 12.9. The summed E-state index contributed by atoms with van der Waals surface area (Å²) in [5.41, 5.74) is 0.553. The highest BCUT2D eigenvalue weighted by molar-refractivity contribution is 6.74. The molecular formula is C42H68O9Si. The van der Waals surface area contributed by atoms with Gasteiger partial charge in [0.05, 0.1) is 24.4 Å². The van der Waals surface area contributed by atoms with Crippen molar-refractivity contribution < 1.29 is 42.4 Å². The Kier molecular flexibility index (Phi) is 16.7. The van der Waals surface area contributed by atoms with E-state index in [9.17, 15) is 4.79 Å². The highest BCUT2D eigenvalue weighted by Crippen LogP contribution is 2.44. The molecule has 0 N–H and O–H groups in total. The van der Waals surface area contributed by atoms with Gasteiger partial charge >= 0.3 is 5.97 Å². The smallest absolute Gasteiger partial charge is 0.338 e. The minimum absolute atomic E-state index is 0.00746. The molecule has 1 saturated carbocycles. The van der Waals surface area contributed by atoms with Crippen LogP contribution in [0.3, 0.4) is 0 Å². The average molecular weight is 745 g/mol. The van der Waals surface area contributed by atoms with Crippen LogP contribution >= 0.6 is 0 Å². The first kappa shape index (κ1) is 41.5. The van der Waals surface area contributed by atoms with E-state index in [1.54, 1.807) is 12.1 Å². The van der Waals surface area contributed by atoms with Crippen molar-refractivity contribution in [2.45, 2.75) is 166 Å². The van der Waals surface area contributed by atoms with Crippen molar-refractivity contribution in [3.63, 3.8) is 0 Å². The lowest BCUT2D eigenvalue weighted by Crippen LogP contribution is -2.44. The van der Waals surface area contributed by atoms with Crippen LogP contribution in [-0.4, -0.2) is 84.5 Å². The summed E-state index contributed by atoms with van der Waals surface area (Å²) in [5.74, 6) is 0.118. The third-order valence-electron chi connectivity index (χ3n) is 11.7. The maximum absolute atomic E-state index is 12.9. The Morgan fingerprint density at radius 2 is 1.42 bits per heavy atom. The van der Waals surface area contributed by atoms with Gasteiger partial charge in [-0.1, -0.05) is 51.1 Å². The normalized spacial score (nSPS) is 29.7. The van der Waals surface area contributed by atoms with Crippen LogP contribution in [0.2, 0.25) is 18.1 Å². The predicted octanol–water partition coefficient (Wildman–Crippen LogP) is 9.35. The lowest BCUT2D eigenvalue weighted by molar-refractivity contribution is -0.204. The van der Waals surface area contributed by atoms with Gasteiger partial charge in [0.1, 0.15) is 6.10 Å². The molecule has 9 nitrogen and oxygen atoms in total. The standard InChI is InChI=1S/C42H68O9Si/c1-42(2,3)52(4,5)48-31-35-34(36(50-39-24-14-17-27-45-39)29-37(35)51-40-25-15-18-28-46-40)22-12-7-6-11-21-33(30-47-38-23-13-16-26-44-38)49-41(43)32-19-9-8-10-20-32/h7-10,12,19-20,33-40H,6,11,13-18,21-31H2,1-5H3/b12-7-/t33?,34-,35-,36+,37-,38?,39?,40?/m1/s1. The molecule has 1 aromatic rings. The number of ether oxygens (including phenoxy) is 7. The third kappa shape index (κ3) is 13.0. The fourth-order valence-corrected chi connectivity index (χ4v) is 8.45. The van der Waals surface area contributed by atoms with Crippen LogP contribution in [-0.2, 0) is 37.6 Å². The van der Waals surface area contributed by atoms with Crippen LogP contribution in [0.15, 0.2) is 42.5 Å². The second kappa shape index (κ2) is 20.9. The third-order valence-corrected chi connectivity index (χ3v) is 16.2. The number of hydrogen-bond donors (Lipinski definition) is 0. The summed E-state index contributed by atoms with van der Waals surface area (Å²) in [6.07, 6.45) is 17.3. The first-order valence-electron chi connectivity index (χ1n) is 20.4. The molecule has 4 aliphatic rings. The van der Waals surface area contributed by atoms with Gasteiger partial charge in [-0.05, 0) is 120 Å². The largest absolute Gasteiger partial charge is 0.456 e. The first-order valence-corrected chi connectivity index (χ1v) is 23.3. The molecule has 3 aliphatic heterocycles. The van der Waals surface area contributed by atoms with Gasteiger partial charge in [-0.2, -0.15) is 0 Å². The van der Waals surface area contributed by atoms with Gasteiger partial charge in [0, 0.05) is 38.8 Å². The molecular weight excluding hydrogens is 677 g/mol. The number of esters is 1. The Labute approximate surface area is 314 Å². The van der Waals surface area contributed by atoms with Crippen molar-refractivity contribution in [2.24, 2.45) is 11.8 Å². The van der Waals surface area contributed by atoms with E-state index < -0.39 is 8.32 Å². The summed E-state index contributed by atoms with van der Waals surface area (Å²) >= 11 is 0. The lowest BCUT2D eigenvalue weighted by atomic mass is 9.90. The summed E-state index contributed by atoms with van der Waals surface area (Å²) in [6.45, 7) is 14.8. The zero-order valence-electron chi connectivity index (χ0n) is 32.8. The quantitative estimate of drug-likeness (QED) is 0.0631. The summed E-state index contributed by atoms with van der Waals surface area (Å²) in [5, 5.41) is 0.122. The molecule has 3 heterocycles. The molecule has 1 aliphatic carbocycles. The molecule has 10 heteroatoms. The molecule has 52 heavy (non-hydrogen) atoms. The van der Waals surface area contributed by atoms with Crippen LogP contribution < -0.4 is 0 Å². The summed E-state index contributed by atoms with van der Waals surface area (Å²) in [6, 6.07) is 9.18. The number of benzene rings is 1.